The molecule has 138 valence electrons. The molecule has 0 fully saturated rings. The summed E-state index contributed by atoms with van der Waals surface area (Å²) in [7, 11) is 1.73. The molecule has 5 nitrogen and oxygen atoms in total. The quantitative estimate of drug-likeness (QED) is 0.330. The molecule has 0 unspecified atom stereocenters. The molecule has 2 aromatic carbocycles. The van der Waals surface area contributed by atoms with Crippen molar-refractivity contribution in [2.45, 2.75) is 13.5 Å². The van der Waals surface area contributed by atoms with Crippen LogP contribution in [0.25, 0.3) is 0 Å². The SMILES string of the molecule is CCOc1cc(/C=N\NC(=S)NC)cc(Br)c1OCc1ccc(Br)cc1. The Kier molecular flexibility index (Phi) is 8.34. The molecule has 0 spiro atoms. The van der Waals surface area contributed by atoms with Gasteiger partial charge in [0.05, 0.1) is 17.3 Å². The molecule has 26 heavy (non-hydrogen) atoms. The Hall–Kier alpha value is -1.64. The Morgan fingerprint density at radius 3 is 2.58 bits per heavy atom. The van der Waals surface area contributed by atoms with Gasteiger partial charge in [-0.15, -0.1) is 0 Å². The molecular weight excluding hydrogens is 482 g/mol. The number of ether oxygens (including phenoxy) is 2. The smallest absolute Gasteiger partial charge is 0.186 e. The molecule has 0 saturated carbocycles. The summed E-state index contributed by atoms with van der Waals surface area (Å²) in [6.45, 7) is 2.90. The Labute approximate surface area is 175 Å². The van der Waals surface area contributed by atoms with E-state index in [2.05, 4.69) is 47.7 Å². The first kappa shape index (κ1) is 20.7. The topological polar surface area (TPSA) is 54.9 Å². The fourth-order valence-corrected chi connectivity index (χ4v) is 2.91. The maximum Gasteiger partial charge on any atom is 0.186 e. The van der Waals surface area contributed by atoms with Crippen molar-refractivity contribution in [3.05, 3.63) is 56.5 Å². The summed E-state index contributed by atoms with van der Waals surface area (Å²) in [5.41, 5.74) is 4.63. The zero-order chi connectivity index (χ0) is 18.9. The fourth-order valence-electron chi connectivity index (χ4n) is 2.02. The minimum absolute atomic E-state index is 0.442. The summed E-state index contributed by atoms with van der Waals surface area (Å²) in [4.78, 5) is 0. The van der Waals surface area contributed by atoms with Crippen LogP contribution in [0.4, 0.5) is 0 Å². The van der Waals surface area contributed by atoms with Crippen molar-refractivity contribution in [1.82, 2.24) is 10.7 Å². The number of halogens is 2. The molecule has 8 heteroatoms. The van der Waals surface area contributed by atoms with Gasteiger partial charge < -0.3 is 14.8 Å². The largest absolute Gasteiger partial charge is 0.490 e. The monoisotopic (exact) mass is 499 g/mol. The van der Waals surface area contributed by atoms with E-state index in [1.54, 1.807) is 13.3 Å². The number of nitrogens with zero attached hydrogens (tertiary/aromatic N) is 1. The lowest BCUT2D eigenvalue weighted by Gasteiger charge is -2.14. The number of nitrogens with one attached hydrogen (secondary N) is 2. The number of hydrazone groups is 1. The molecule has 0 aliphatic rings. The molecule has 0 aliphatic heterocycles. The van der Waals surface area contributed by atoms with E-state index in [4.69, 9.17) is 21.7 Å². The van der Waals surface area contributed by atoms with Crippen molar-refractivity contribution in [1.29, 1.82) is 0 Å². The Morgan fingerprint density at radius 2 is 1.92 bits per heavy atom. The van der Waals surface area contributed by atoms with Gasteiger partial charge in [0.1, 0.15) is 6.61 Å². The van der Waals surface area contributed by atoms with Gasteiger partial charge in [-0.3, -0.25) is 5.43 Å². The highest BCUT2D eigenvalue weighted by atomic mass is 79.9. The third-order valence-corrected chi connectivity index (χ3v) is 4.65. The summed E-state index contributed by atoms with van der Waals surface area (Å²) in [6.07, 6.45) is 1.66. The molecule has 0 bridgehead atoms. The third kappa shape index (κ3) is 6.26. The van der Waals surface area contributed by atoms with Crippen LogP contribution in [0.1, 0.15) is 18.1 Å². The average molecular weight is 501 g/mol. The van der Waals surface area contributed by atoms with Crippen molar-refractivity contribution in [3.63, 3.8) is 0 Å². The normalized spacial score (nSPS) is 10.6. The molecule has 0 radical (unpaired) electrons. The van der Waals surface area contributed by atoms with E-state index in [1.165, 1.54) is 0 Å². The first-order valence-electron chi connectivity index (χ1n) is 7.87. The van der Waals surface area contributed by atoms with E-state index in [9.17, 15) is 0 Å². The second-order valence-electron chi connectivity index (χ2n) is 5.13. The van der Waals surface area contributed by atoms with E-state index < -0.39 is 0 Å². The van der Waals surface area contributed by atoms with Gasteiger partial charge in [0, 0.05) is 11.5 Å². The third-order valence-electron chi connectivity index (χ3n) is 3.23. The number of thiocarbonyl (C=S) groups is 1. The molecule has 2 aromatic rings. The van der Waals surface area contributed by atoms with Crippen LogP contribution in [-0.2, 0) is 6.61 Å². The number of hydrogen-bond acceptors (Lipinski definition) is 4. The summed E-state index contributed by atoms with van der Waals surface area (Å²) < 4.78 is 13.5. The lowest BCUT2D eigenvalue weighted by Crippen LogP contribution is -2.28. The van der Waals surface area contributed by atoms with Crippen molar-refractivity contribution in [3.8, 4) is 11.5 Å². The number of rotatable bonds is 7. The summed E-state index contributed by atoms with van der Waals surface area (Å²) in [5.74, 6) is 1.31. The van der Waals surface area contributed by atoms with E-state index in [0.717, 1.165) is 20.1 Å². The minimum Gasteiger partial charge on any atom is -0.490 e. The maximum absolute atomic E-state index is 5.98. The molecule has 0 atom stereocenters. The van der Waals surface area contributed by atoms with Gasteiger partial charge >= 0.3 is 0 Å². The van der Waals surface area contributed by atoms with Gasteiger partial charge in [0.2, 0.25) is 0 Å². The van der Waals surface area contributed by atoms with Gasteiger partial charge in [-0.25, -0.2) is 0 Å². The number of benzene rings is 2. The van der Waals surface area contributed by atoms with E-state index >= 15 is 0 Å². The average Bonchev–Trinajstić information content (AvgIpc) is 2.62. The minimum atomic E-state index is 0.442. The highest BCUT2D eigenvalue weighted by Gasteiger charge is 2.12. The van der Waals surface area contributed by atoms with Gasteiger partial charge in [0.15, 0.2) is 16.6 Å². The van der Waals surface area contributed by atoms with Crippen molar-refractivity contribution >= 4 is 55.4 Å². The van der Waals surface area contributed by atoms with E-state index in [1.807, 2.05) is 43.3 Å². The molecule has 0 heterocycles. The zero-order valence-electron chi connectivity index (χ0n) is 14.4. The maximum atomic E-state index is 5.98. The first-order valence-corrected chi connectivity index (χ1v) is 9.87. The van der Waals surface area contributed by atoms with Gasteiger partial charge in [0.25, 0.3) is 0 Å². The predicted molar refractivity (Wildman–Crippen MR) is 116 cm³/mol. The molecule has 0 aromatic heterocycles. The van der Waals surface area contributed by atoms with Crippen molar-refractivity contribution < 1.29 is 9.47 Å². The highest BCUT2D eigenvalue weighted by Crippen LogP contribution is 2.37. The van der Waals surface area contributed by atoms with Gasteiger partial charge in [-0.2, -0.15) is 5.10 Å². The Morgan fingerprint density at radius 1 is 1.19 bits per heavy atom. The van der Waals surface area contributed by atoms with Crippen LogP contribution >= 0.6 is 44.1 Å². The van der Waals surface area contributed by atoms with Crippen molar-refractivity contribution in [2.24, 2.45) is 5.10 Å². The van der Waals surface area contributed by atoms with Crippen molar-refractivity contribution in [2.75, 3.05) is 13.7 Å². The standard InChI is InChI=1S/C18H19Br2N3O2S/c1-3-24-16-9-13(10-22-23-18(26)21-2)8-15(20)17(16)25-11-12-4-6-14(19)7-5-12/h4-10H,3,11H2,1-2H3,(H2,21,23,26)/b22-10-. The zero-order valence-corrected chi connectivity index (χ0v) is 18.4. The van der Waals surface area contributed by atoms with Crippen LogP contribution in [0.5, 0.6) is 11.5 Å². The Balaban J connectivity index is 2.16. The fraction of sp³-hybridized carbons (Fsp3) is 0.222. The Bertz CT molecular complexity index is 783. The van der Waals surface area contributed by atoms with Crippen LogP contribution in [0.3, 0.4) is 0 Å². The molecule has 0 aliphatic carbocycles. The molecule has 2 N–H and O–H groups in total. The first-order chi connectivity index (χ1) is 12.5. The van der Waals surface area contributed by atoms with Crippen LogP contribution in [0, 0.1) is 0 Å². The molecule has 2 rings (SSSR count). The van der Waals surface area contributed by atoms with E-state index in [0.29, 0.717) is 29.8 Å². The van der Waals surface area contributed by atoms with Crippen LogP contribution in [-0.4, -0.2) is 25.0 Å². The van der Waals surface area contributed by atoms with Gasteiger partial charge in [-0.1, -0.05) is 28.1 Å². The summed E-state index contributed by atoms with van der Waals surface area (Å²) in [6, 6.07) is 11.8. The second-order valence-corrected chi connectivity index (χ2v) is 7.31. The van der Waals surface area contributed by atoms with Gasteiger partial charge in [-0.05, 0) is 70.5 Å². The summed E-state index contributed by atoms with van der Waals surface area (Å²) >= 11 is 12.0. The van der Waals surface area contributed by atoms with Crippen LogP contribution in [0.15, 0.2) is 50.4 Å². The highest BCUT2D eigenvalue weighted by molar-refractivity contribution is 9.10. The van der Waals surface area contributed by atoms with Crippen LogP contribution in [0.2, 0.25) is 0 Å². The number of hydrogen-bond donors (Lipinski definition) is 2. The lowest BCUT2D eigenvalue weighted by atomic mass is 10.2. The van der Waals surface area contributed by atoms with E-state index in [-0.39, 0.29) is 0 Å². The van der Waals surface area contributed by atoms with Crippen LogP contribution < -0.4 is 20.2 Å². The molecule has 0 saturated heterocycles. The second kappa shape index (κ2) is 10.5. The molecule has 0 amide bonds. The predicted octanol–water partition coefficient (Wildman–Crippen LogP) is 4.62. The molecular formula is C18H19Br2N3O2S. The lowest BCUT2D eigenvalue weighted by molar-refractivity contribution is 0.267. The summed E-state index contributed by atoms with van der Waals surface area (Å²) in [5, 5.41) is 7.32.